The lowest BCUT2D eigenvalue weighted by Gasteiger charge is -2.34. The fourth-order valence-corrected chi connectivity index (χ4v) is 3.60. The van der Waals surface area contributed by atoms with E-state index >= 15 is 0 Å². The van der Waals surface area contributed by atoms with Crippen molar-refractivity contribution in [2.75, 3.05) is 14.2 Å². The second-order valence-electron chi connectivity index (χ2n) is 3.57. The summed E-state index contributed by atoms with van der Waals surface area (Å²) in [5.41, 5.74) is 11.9. The van der Waals surface area contributed by atoms with E-state index in [9.17, 15) is 0 Å². The number of hydrogen-bond donors (Lipinski definition) is 2. The van der Waals surface area contributed by atoms with Crippen LogP contribution in [0.2, 0.25) is 0 Å². The Morgan fingerprint density at radius 2 is 1.85 bits per heavy atom. The first-order valence-electron chi connectivity index (χ1n) is 4.60. The maximum atomic E-state index is 6.20. The zero-order valence-corrected chi connectivity index (χ0v) is 10.2. The van der Waals surface area contributed by atoms with E-state index in [2.05, 4.69) is 0 Å². The highest BCUT2D eigenvalue weighted by Gasteiger charge is 2.37. The van der Waals surface area contributed by atoms with E-state index in [1.165, 1.54) is 0 Å². The molecule has 0 aromatic rings. The molecule has 2 unspecified atom stereocenters. The van der Waals surface area contributed by atoms with Crippen molar-refractivity contribution >= 4 is 9.28 Å². The van der Waals surface area contributed by atoms with Crippen LogP contribution in [-0.2, 0) is 8.85 Å². The lowest BCUT2D eigenvalue weighted by Crippen LogP contribution is -2.58. The molecule has 2 atom stereocenters. The Hall–Kier alpha value is 0.0569. The van der Waals surface area contributed by atoms with E-state index in [4.69, 9.17) is 20.3 Å². The van der Waals surface area contributed by atoms with Crippen molar-refractivity contribution in [3.05, 3.63) is 0 Å². The zero-order chi connectivity index (χ0) is 10.5. The van der Waals surface area contributed by atoms with Crippen LogP contribution in [0.25, 0.3) is 0 Å². The molecular formula is C8H22N2O2Si. The van der Waals surface area contributed by atoms with E-state index in [0.29, 0.717) is 0 Å². The molecule has 0 amide bonds. The van der Waals surface area contributed by atoms with Crippen molar-refractivity contribution in [2.45, 2.75) is 37.9 Å². The topological polar surface area (TPSA) is 70.5 Å². The molecular weight excluding hydrogens is 184 g/mol. The van der Waals surface area contributed by atoms with Gasteiger partial charge < -0.3 is 20.3 Å². The molecule has 4 nitrogen and oxygen atoms in total. The minimum Gasteiger partial charge on any atom is -0.399 e. The van der Waals surface area contributed by atoms with Crippen LogP contribution in [0.1, 0.15) is 26.7 Å². The van der Waals surface area contributed by atoms with Crippen molar-refractivity contribution in [1.29, 1.82) is 0 Å². The second-order valence-corrected chi connectivity index (χ2v) is 6.33. The summed E-state index contributed by atoms with van der Waals surface area (Å²) >= 11 is 0. The van der Waals surface area contributed by atoms with Gasteiger partial charge in [-0.15, -0.1) is 0 Å². The van der Waals surface area contributed by atoms with Crippen molar-refractivity contribution in [3.8, 4) is 0 Å². The van der Waals surface area contributed by atoms with Crippen LogP contribution in [0.3, 0.4) is 0 Å². The molecule has 4 N–H and O–H groups in total. The Labute approximate surface area is 82.4 Å². The van der Waals surface area contributed by atoms with Crippen LogP contribution in [-0.4, -0.2) is 34.7 Å². The van der Waals surface area contributed by atoms with E-state index in [1.807, 2.05) is 13.8 Å². The first-order valence-corrected chi connectivity index (χ1v) is 6.12. The normalized spacial score (nSPS) is 18.7. The van der Waals surface area contributed by atoms with Gasteiger partial charge in [-0.2, -0.15) is 0 Å². The quantitative estimate of drug-likeness (QED) is 0.595. The average Bonchev–Trinajstić information content (AvgIpc) is 2.05. The van der Waals surface area contributed by atoms with Crippen LogP contribution in [0, 0.1) is 0 Å². The summed E-state index contributed by atoms with van der Waals surface area (Å²) < 4.78 is 10.6. The van der Waals surface area contributed by atoms with Gasteiger partial charge in [-0.3, -0.25) is 0 Å². The molecule has 0 fully saturated rings. The predicted molar refractivity (Wildman–Crippen MR) is 56.6 cm³/mol. The highest BCUT2D eigenvalue weighted by molar-refractivity contribution is 6.48. The Morgan fingerprint density at radius 3 is 2.08 bits per heavy atom. The lowest BCUT2D eigenvalue weighted by atomic mass is 10.1. The number of rotatable bonds is 6. The van der Waals surface area contributed by atoms with Gasteiger partial charge in [-0.25, -0.2) is 0 Å². The highest BCUT2D eigenvalue weighted by Crippen LogP contribution is 2.18. The third kappa shape index (κ3) is 3.74. The fourth-order valence-electron chi connectivity index (χ4n) is 1.57. The van der Waals surface area contributed by atoms with Gasteiger partial charge in [-0.1, -0.05) is 6.92 Å². The molecule has 0 heterocycles. The molecule has 0 radical (unpaired) electrons. The number of nitrogens with two attached hydrogens (primary N) is 2. The van der Waals surface area contributed by atoms with Crippen molar-refractivity contribution in [2.24, 2.45) is 11.5 Å². The van der Waals surface area contributed by atoms with Crippen molar-refractivity contribution < 1.29 is 8.85 Å². The smallest absolute Gasteiger partial charge is 0.341 e. The molecule has 0 saturated heterocycles. The van der Waals surface area contributed by atoms with E-state index in [0.717, 1.165) is 12.8 Å². The molecule has 80 valence electrons. The first kappa shape index (κ1) is 13.1. The van der Waals surface area contributed by atoms with Crippen molar-refractivity contribution in [1.82, 2.24) is 0 Å². The molecule has 0 saturated carbocycles. The summed E-state index contributed by atoms with van der Waals surface area (Å²) in [6.45, 7) is 3.99. The Bertz CT molecular complexity index is 142. The van der Waals surface area contributed by atoms with E-state index in [1.54, 1.807) is 14.2 Å². The molecule has 0 aliphatic rings. The van der Waals surface area contributed by atoms with Crippen molar-refractivity contribution in [3.63, 3.8) is 0 Å². The minimum atomic E-state index is -1.78. The van der Waals surface area contributed by atoms with Gasteiger partial charge in [0.15, 0.2) is 0 Å². The Morgan fingerprint density at radius 1 is 1.38 bits per heavy atom. The first-order chi connectivity index (χ1) is 6.00. The largest absolute Gasteiger partial charge is 0.399 e. The van der Waals surface area contributed by atoms with Crippen LogP contribution in [0.15, 0.2) is 0 Å². The van der Waals surface area contributed by atoms with Crippen LogP contribution in [0.4, 0.5) is 0 Å². The van der Waals surface area contributed by atoms with E-state index < -0.39 is 9.28 Å². The van der Waals surface area contributed by atoms with E-state index in [-0.39, 0.29) is 11.2 Å². The van der Waals surface area contributed by atoms with Gasteiger partial charge in [-0.05, 0) is 19.8 Å². The number of hydrogen-bond acceptors (Lipinski definition) is 4. The van der Waals surface area contributed by atoms with Gasteiger partial charge in [0.2, 0.25) is 0 Å². The SMILES string of the molecule is CCC(N)(CC(C)N)[SiH](OC)OC. The summed E-state index contributed by atoms with van der Waals surface area (Å²) in [5, 5.41) is -0.350. The third-order valence-corrected chi connectivity index (χ3v) is 4.70. The molecule has 0 spiro atoms. The summed E-state index contributed by atoms with van der Waals surface area (Å²) in [6, 6.07) is 0.0882. The van der Waals surface area contributed by atoms with Gasteiger partial charge in [0.1, 0.15) is 0 Å². The zero-order valence-electron chi connectivity index (χ0n) is 9.04. The monoisotopic (exact) mass is 206 g/mol. The van der Waals surface area contributed by atoms with Crippen LogP contribution in [0.5, 0.6) is 0 Å². The molecule has 0 rings (SSSR count). The van der Waals surface area contributed by atoms with Gasteiger partial charge in [0.25, 0.3) is 0 Å². The Balaban J connectivity index is 4.39. The average molecular weight is 206 g/mol. The van der Waals surface area contributed by atoms with Crippen LogP contribution < -0.4 is 11.5 Å². The standard InChI is InChI=1S/C8H22N2O2Si/c1-5-8(10,6-7(2)9)13(11-3)12-4/h7,13H,5-6,9-10H2,1-4H3. The Kier molecular flexibility index (Phi) is 5.74. The molecule has 0 bridgehead atoms. The predicted octanol–water partition coefficient (Wildman–Crippen LogP) is -0.116. The minimum absolute atomic E-state index is 0.0882. The van der Waals surface area contributed by atoms with Gasteiger partial charge in [0.05, 0.1) is 5.16 Å². The fraction of sp³-hybridized carbons (Fsp3) is 1.00. The summed E-state index contributed by atoms with van der Waals surface area (Å²) in [5.74, 6) is 0. The maximum Gasteiger partial charge on any atom is 0.341 e. The molecule has 5 heteroatoms. The molecule has 13 heavy (non-hydrogen) atoms. The maximum absolute atomic E-state index is 6.20. The highest BCUT2D eigenvalue weighted by atomic mass is 28.3. The van der Waals surface area contributed by atoms with Crippen LogP contribution >= 0.6 is 0 Å². The molecule has 0 aliphatic carbocycles. The molecule has 0 aromatic carbocycles. The van der Waals surface area contributed by atoms with Gasteiger partial charge in [0, 0.05) is 20.3 Å². The summed E-state index contributed by atoms with van der Waals surface area (Å²) in [7, 11) is 1.52. The second kappa shape index (κ2) is 5.72. The molecule has 0 aliphatic heterocycles. The van der Waals surface area contributed by atoms with Gasteiger partial charge >= 0.3 is 9.28 Å². The summed E-state index contributed by atoms with van der Waals surface area (Å²) in [4.78, 5) is 0. The third-order valence-electron chi connectivity index (χ3n) is 2.26. The lowest BCUT2D eigenvalue weighted by molar-refractivity contribution is 0.230. The molecule has 0 aromatic heterocycles. The summed E-state index contributed by atoms with van der Waals surface area (Å²) in [6.07, 6.45) is 1.59.